The molecule has 0 aliphatic heterocycles. The van der Waals surface area contributed by atoms with Gasteiger partial charge < -0.3 is 25.2 Å². The number of ether oxygens (including phenoxy) is 2. The van der Waals surface area contributed by atoms with Crippen LogP contribution in [-0.2, 0) is 4.79 Å². The summed E-state index contributed by atoms with van der Waals surface area (Å²) in [6, 6.07) is 27.6. The summed E-state index contributed by atoms with van der Waals surface area (Å²) in [7, 11) is 3.08. The fraction of sp³-hybridized carbons (Fsp3) is 0.100. The van der Waals surface area contributed by atoms with Crippen LogP contribution in [0.3, 0.4) is 0 Å². The van der Waals surface area contributed by atoms with E-state index < -0.39 is 17.1 Å². The molecule has 0 spiro atoms. The lowest BCUT2D eigenvalue weighted by atomic mass is 10.1. The monoisotopic (exact) mass is 542 g/mol. The summed E-state index contributed by atoms with van der Waals surface area (Å²) in [6.07, 6.45) is 0. The topological polar surface area (TPSA) is 114 Å². The molecule has 0 saturated carbocycles. The molecular formula is C30H26N2O6S. The lowest BCUT2D eigenvalue weighted by Crippen LogP contribution is -2.19. The SMILES string of the molecule is COc1cc(NC(=O)C(Sc2ccc(NC(=O)c3ccccc3C(=O)O)cc2)c2ccccc2)cc(OC)c1. The predicted molar refractivity (Wildman–Crippen MR) is 151 cm³/mol. The molecule has 0 radical (unpaired) electrons. The Morgan fingerprint density at radius 1 is 0.718 bits per heavy atom. The Kier molecular flexibility index (Phi) is 8.86. The van der Waals surface area contributed by atoms with Crippen LogP contribution in [0.4, 0.5) is 11.4 Å². The molecule has 4 aromatic rings. The maximum atomic E-state index is 13.5. The van der Waals surface area contributed by atoms with Gasteiger partial charge in [-0.2, -0.15) is 0 Å². The molecule has 0 heterocycles. The molecule has 198 valence electrons. The number of nitrogens with one attached hydrogen (secondary N) is 2. The van der Waals surface area contributed by atoms with Crippen LogP contribution in [0.25, 0.3) is 0 Å². The third kappa shape index (κ3) is 6.97. The highest BCUT2D eigenvalue weighted by Gasteiger charge is 2.23. The number of methoxy groups -OCH3 is 2. The van der Waals surface area contributed by atoms with E-state index in [0.717, 1.165) is 10.5 Å². The Bertz CT molecular complexity index is 1450. The van der Waals surface area contributed by atoms with E-state index in [1.165, 1.54) is 23.9 Å². The van der Waals surface area contributed by atoms with Crippen LogP contribution >= 0.6 is 11.8 Å². The number of thioether (sulfide) groups is 1. The number of hydrogen-bond acceptors (Lipinski definition) is 6. The number of amides is 2. The maximum Gasteiger partial charge on any atom is 0.336 e. The maximum absolute atomic E-state index is 13.5. The number of aromatic carboxylic acids is 1. The molecule has 0 aliphatic rings. The zero-order chi connectivity index (χ0) is 27.8. The van der Waals surface area contributed by atoms with Gasteiger partial charge in [0.05, 0.1) is 25.3 Å². The zero-order valence-electron chi connectivity index (χ0n) is 21.2. The average Bonchev–Trinajstić information content (AvgIpc) is 2.96. The first-order valence-corrected chi connectivity index (χ1v) is 12.7. The molecule has 0 saturated heterocycles. The Balaban J connectivity index is 1.52. The summed E-state index contributed by atoms with van der Waals surface area (Å²) in [5, 5.41) is 14.5. The van der Waals surface area contributed by atoms with Crippen LogP contribution in [-0.4, -0.2) is 37.1 Å². The molecule has 2 amide bonds. The Morgan fingerprint density at radius 3 is 1.90 bits per heavy atom. The number of carboxylic acids is 1. The highest BCUT2D eigenvalue weighted by Crippen LogP contribution is 2.37. The lowest BCUT2D eigenvalue weighted by Gasteiger charge is -2.18. The number of carbonyl (C=O) groups is 3. The van der Waals surface area contributed by atoms with E-state index >= 15 is 0 Å². The van der Waals surface area contributed by atoms with E-state index in [9.17, 15) is 19.5 Å². The Labute approximate surface area is 230 Å². The number of carboxylic acid groups (broad SMARTS) is 1. The van der Waals surface area contributed by atoms with Gasteiger partial charge in [0.1, 0.15) is 16.7 Å². The standard InChI is InChI=1S/C30H26N2O6S/c1-37-22-16-21(17-23(18-22)38-2)32-29(34)27(19-8-4-3-5-9-19)39-24-14-12-20(13-15-24)31-28(33)25-10-6-7-11-26(25)30(35)36/h3-18,27H,1-2H3,(H,31,33)(H,32,34)(H,35,36). The lowest BCUT2D eigenvalue weighted by molar-refractivity contribution is -0.115. The normalized spacial score (nSPS) is 11.2. The molecule has 0 aliphatic carbocycles. The molecule has 1 atom stereocenters. The minimum atomic E-state index is -1.18. The average molecular weight is 543 g/mol. The van der Waals surface area contributed by atoms with Gasteiger partial charge in [-0.05, 0) is 42.0 Å². The third-order valence-electron chi connectivity index (χ3n) is 5.73. The fourth-order valence-corrected chi connectivity index (χ4v) is 4.83. The van der Waals surface area contributed by atoms with E-state index in [2.05, 4.69) is 10.6 Å². The van der Waals surface area contributed by atoms with E-state index in [1.54, 1.807) is 68.8 Å². The van der Waals surface area contributed by atoms with Crippen molar-refractivity contribution in [2.45, 2.75) is 10.1 Å². The second kappa shape index (κ2) is 12.7. The van der Waals surface area contributed by atoms with Gasteiger partial charge >= 0.3 is 5.97 Å². The highest BCUT2D eigenvalue weighted by molar-refractivity contribution is 8.00. The van der Waals surface area contributed by atoms with Crippen molar-refractivity contribution in [1.82, 2.24) is 0 Å². The smallest absolute Gasteiger partial charge is 0.336 e. The van der Waals surface area contributed by atoms with Crippen LogP contribution < -0.4 is 20.1 Å². The number of rotatable bonds is 10. The molecule has 0 aromatic heterocycles. The van der Waals surface area contributed by atoms with Crippen molar-refractivity contribution in [2.75, 3.05) is 24.9 Å². The van der Waals surface area contributed by atoms with Gasteiger partial charge in [0, 0.05) is 34.5 Å². The summed E-state index contributed by atoms with van der Waals surface area (Å²) in [5.74, 6) is -0.827. The van der Waals surface area contributed by atoms with E-state index in [0.29, 0.717) is 22.9 Å². The number of carbonyl (C=O) groups excluding carboxylic acids is 2. The first kappa shape index (κ1) is 27.3. The minimum absolute atomic E-state index is 0.0680. The second-order valence-corrected chi connectivity index (χ2v) is 9.51. The van der Waals surface area contributed by atoms with Gasteiger partial charge in [-0.1, -0.05) is 42.5 Å². The van der Waals surface area contributed by atoms with Crippen molar-refractivity contribution in [1.29, 1.82) is 0 Å². The minimum Gasteiger partial charge on any atom is -0.497 e. The van der Waals surface area contributed by atoms with Crippen molar-refractivity contribution < 1.29 is 29.0 Å². The highest BCUT2D eigenvalue weighted by atomic mass is 32.2. The number of anilines is 2. The van der Waals surface area contributed by atoms with Crippen LogP contribution in [0.2, 0.25) is 0 Å². The van der Waals surface area contributed by atoms with Gasteiger partial charge in [0.2, 0.25) is 5.91 Å². The van der Waals surface area contributed by atoms with Crippen molar-refractivity contribution in [3.05, 3.63) is 114 Å². The van der Waals surface area contributed by atoms with Gasteiger partial charge in [-0.25, -0.2) is 4.79 Å². The molecule has 8 nitrogen and oxygen atoms in total. The van der Waals surface area contributed by atoms with Crippen molar-refractivity contribution >= 4 is 40.9 Å². The Hall–Kier alpha value is -4.76. The van der Waals surface area contributed by atoms with Gasteiger partial charge in [0.15, 0.2) is 0 Å². The Morgan fingerprint density at radius 2 is 1.31 bits per heavy atom. The van der Waals surface area contributed by atoms with Crippen molar-refractivity contribution in [2.24, 2.45) is 0 Å². The largest absolute Gasteiger partial charge is 0.497 e. The second-order valence-electron chi connectivity index (χ2n) is 8.33. The zero-order valence-corrected chi connectivity index (χ0v) is 22.0. The fourth-order valence-electron chi connectivity index (χ4n) is 3.81. The number of benzene rings is 4. The first-order chi connectivity index (χ1) is 18.9. The summed E-state index contributed by atoms with van der Waals surface area (Å²) in [5.41, 5.74) is 1.84. The molecule has 1 unspecified atom stereocenters. The van der Waals surface area contributed by atoms with Crippen molar-refractivity contribution in [3.63, 3.8) is 0 Å². The van der Waals surface area contributed by atoms with Crippen LogP contribution in [0, 0.1) is 0 Å². The number of hydrogen-bond donors (Lipinski definition) is 3. The molecule has 4 aromatic carbocycles. The summed E-state index contributed by atoms with van der Waals surface area (Å²) in [4.78, 5) is 38.4. The summed E-state index contributed by atoms with van der Waals surface area (Å²) < 4.78 is 10.6. The summed E-state index contributed by atoms with van der Waals surface area (Å²) in [6.45, 7) is 0. The quantitative estimate of drug-likeness (QED) is 0.207. The molecule has 0 fully saturated rings. The molecule has 0 bridgehead atoms. The first-order valence-electron chi connectivity index (χ1n) is 11.9. The molecule has 3 N–H and O–H groups in total. The van der Waals surface area contributed by atoms with Crippen LogP contribution in [0.15, 0.2) is 102 Å². The van der Waals surface area contributed by atoms with Gasteiger partial charge in [0.25, 0.3) is 5.91 Å². The molecule has 9 heteroatoms. The predicted octanol–water partition coefficient (Wildman–Crippen LogP) is 6.13. The van der Waals surface area contributed by atoms with Gasteiger partial charge in [-0.15, -0.1) is 11.8 Å². The van der Waals surface area contributed by atoms with Gasteiger partial charge in [-0.3, -0.25) is 9.59 Å². The summed E-state index contributed by atoms with van der Waals surface area (Å²) >= 11 is 1.35. The molecule has 4 rings (SSSR count). The molecular weight excluding hydrogens is 516 g/mol. The van der Waals surface area contributed by atoms with E-state index in [1.807, 2.05) is 30.3 Å². The van der Waals surface area contributed by atoms with Crippen LogP contribution in [0.5, 0.6) is 11.5 Å². The van der Waals surface area contributed by atoms with E-state index in [-0.39, 0.29) is 17.0 Å². The van der Waals surface area contributed by atoms with Crippen molar-refractivity contribution in [3.8, 4) is 11.5 Å². The molecule has 39 heavy (non-hydrogen) atoms. The van der Waals surface area contributed by atoms with Crippen LogP contribution in [0.1, 0.15) is 31.5 Å². The van der Waals surface area contributed by atoms with E-state index in [4.69, 9.17) is 9.47 Å². The third-order valence-corrected chi connectivity index (χ3v) is 6.99.